The first-order valence-electron chi connectivity index (χ1n) is 11.3. The van der Waals surface area contributed by atoms with Crippen LogP contribution in [0.25, 0.3) is 0 Å². The highest BCUT2D eigenvalue weighted by Crippen LogP contribution is 2.19. The minimum Gasteiger partial charge on any atom is -0.335 e. The Hall–Kier alpha value is -2.42. The summed E-state index contributed by atoms with van der Waals surface area (Å²) in [5, 5.41) is 3.16. The molecule has 32 heavy (non-hydrogen) atoms. The first-order valence-corrected chi connectivity index (χ1v) is 12.7. The highest BCUT2D eigenvalue weighted by atomic mass is 32.2. The zero-order valence-corrected chi connectivity index (χ0v) is 19.4. The number of carbonyl (C=O) groups is 1. The summed E-state index contributed by atoms with van der Waals surface area (Å²) in [5.74, 6) is 0. The smallest absolute Gasteiger partial charge is 0.317 e. The van der Waals surface area contributed by atoms with Crippen LogP contribution in [0.15, 0.2) is 59.5 Å². The molecule has 0 radical (unpaired) electrons. The Kier molecular flexibility index (Phi) is 7.13. The third-order valence-electron chi connectivity index (χ3n) is 6.48. The van der Waals surface area contributed by atoms with Gasteiger partial charge in [-0.25, -0.2) is 13.2 Å². The zero-order valence-electron chi connectivity index (χ0n) is 18.6. The van der Waals surface area contributed by atoms with Gasteiger partial charge in [0.25, 0.3) is 0 Å². The van der Waals surface area contributed by atoms with Crippen LogP contribution in [0.2, 0.25) is 0 Å². The van der Waals surface area contributed by atoms with Gasteiger partial charge in [-0.15, -0.1) is 0 Å². The van der Waals surface area contributed by atoms with Crippen molar-refractivity contribution in [3.63, 3.8) is 0 Å². The number of amides is 2. The first-order chi connectivity index (χ1) is 15.4. The van der Waals surface area contributed by atoms with Crippen molar-refractivity contribution in [2.75, 3.05) is 39.3 Å². The Labute approximate surface area is 191 Å². The molecule has 8 heteroatoms. The SMILES string of the molecule is Cc1ccccc1CN1CCC(NC(=O)N2CCN(S(=O)(=O)c3ccccc3)CC2)CC1. The van der Waals surface area contributed by atoms with Crippen LogP contribution in [0, 0.1) is 6.92 Å². The summed E-state index contributed by atoms with van der Waals surface area (Å²) < 4.78 is 27.0. The highest BCUT2D eigenvalue weighted by molar-refractivity contribution is 7.89. The largest absolute Gasteiger partial charge is 0.335 e. The molecule has 2 aliphatic rings. The lowest BCUT2D eigenvalue weighted by molar-refractivity contribution is 0.154. The number of sulfonamides is 1. The second-order valence-electron chi connectivity index (χ2n) is 8.63. The molecule has 1 N–H and O–H groups in total. The standard InChI is InChI=1S/C24H32N4O3S/c1-20-7-5-6-8-21(20)19-26-13-11-22(12-14-26)25-24(29)27-15-17-28(18-16-27)32(30,31)23-9-3-2-4-10-23/h2-10,22H,11-19H2,1H3,(H,25,29). The summed E-state index contributed by atoms with van der Waals surface area (Å²) in [4.78, 5) is 17.2. The van der Waals surface area contributed by atoms with E-state index in [4.69, 9.17) is 0 Å². The number of aryl methyl sites for hydroxylation is 1. The van der Waals surface area contributed by atoms with E-state index in [9.17, 15) is 13.2 Å². The van der Waals surface area contributed by atoms with E-state index in [-0.39, 0.29) is 12.1 Å². The van der Waals surface area contributed by atoms with Crippen LogP contribution in [-0.4, -0.2) is 73.9 Å². The van der Waals surface area contributed by atoms with Crippen LogP contribution in [-0.2, 0) is 16.6 Å². The van der Waals surface area contributed by atoms with E-state index in [1.807, 2.05) is 0 Å². The van der Waals surface area contributed by atoms with Crippen LogP contribution in [0.3, 0.4) is 0 Å². The van der Waals surface area contributed by atoms with E-state index in [1.165, 1.54) is 15.4 Å². The maximum Gasteiger partial charge on any atom is 0.317 e. The van der Waals surface area contributed by atoms with Crippen molar-refractivity contribution >= 4 is 16.1 Å². The molecule has 2 heterocycles. The fourth-order valence-electron chi connectivity index (χ4n) is 4.40. The van der Waals surface area contributed by atoms with E-state index >= 15 is 0 Å². The lowest BCUT2D eigenvalue weighted by Gasteiger charge is -2.37. The summed E-state index contributed by atoms with van der Waals surface area (Å²) in [6.45, 7) is 6.47. The van der Waals surface area contributed by atoms with Crippen molar-refractivity contribution < 1.29 is 13.2 Å². The molecule has 2 fully saturated rings. The predicted molar refractivity (Wildman–Crippen MR) is 125 cm³/mol. The number of rotatable bonds is 5. The van der Waals surface area contributed by atoms with Crippen LogP contribution in [0.1, 0.15) is 24.0 Å². The topological polar surface area (TPSA) is 73.0 Å². The van der Waals surface area contributed by atoms with E-state index in [2.05, 4.69) is 41.4 Å². The van der Waals surface area contributed by atoms with Gasteiger partial charge in [-0.05, 0) is 43.0 Å². The number of likely N-dealkylation sites (tertiary alicyclic amines) is 1. The van der Waals surface area contributed by atoms with Crippen LogP contribution < -0.4 is 5.32 Å². The van der Waals surface area contributed by atoms with Crippen molar-refractivity contribution in [2.45, 2.75) is 37.2 Å². The van der Waals surface area contributed by atoms with Gasteiger partial charge in [0, 0.05) is 51.9 Å². The number of urea groups is 1. The average molecular weight is 457 g/mol. The zero-order chi connectivity index (χ0) is 22.6. The summed E-state index contributed by atoms with van der Waals surface area (Å²) in [6.07, 6.45) is 1.86. The number of benzene rings is 2. The molecule has 7 nitrogen and oxygen atoms in total. The molecule has 2 aromatic carbocycles. The van der Waals surface area contributed by atoms with Crippen molar-refractivity contribution in [1.29, 1.82) is 0 Å². The monoisotopic (exact) mass is 456 g/mol. The maximum atomic E-state index is 12.8. The van der Waals surface area contributed by atoms with Gasteiger partial charge >= 0.3 is 6.03 Å². The second kappa shape index (κ2) is 10.0. The summed E-state index contributed by atoms with van der Waals surface area (Å²) in [6, 6.07) is 17.0. The van der Waals surface area contributed by atoms with Crippen molar-refractivity contribution in [3.05, 3.63) is 65.7 Å². The molecule has 2 aliphatic heterocycles. The molecule has 0 unspecified atom stereocenters. The van der Waals surface area contributed by atoms with Crippen LogP contribution in [0.4, 0.5) is 4.79 Å². The fourth-order valence-corrected chi connectivity index (χ4v) is 5.85. The average Bonchev–Trinajstić information content (AvgIpc) is 2.82. The molecule has 2 amide bonds. The normalized spacial score (nSPS) is 19.1. The second-order valence-corrected chi connectivity index (χ2v) is 10.6. The molecule has 0 spiro atoms. The molecule has 4 rings (SSSR count). The molecule has 0 saturated carbocycles. The molecule has 172 valence electrons. The Morgan fingerprint density at radius 3 is 2.19 bits per heavy atom. The van der Waals surface area contributed by atoms with Gasteiger partial charge in [-0.2, -0.15) is 4.31 Å². The van der Waals surface area contributed by atoms with Crippen molar-refractivity contribution in [1.82, 2.24) is 19.4 Å². The predicted octanol–water partition coefficient (Wildman–Crippen LogP) is 2.68. The van der Waals surface area contributed by atoms with Crippen molar-refractivity contribution in [3.8, 4) is 0 Å². The lowest BCUT2D eigenvalue weighted by Crippen LogP contribution is -2.55. The minimum atomic E-state index is -3.50. The van der Waals surface area contributed by atoms with Gasteiger partial charge in [0.05, 0.1) is 4.90 Å². The number of nitrogens with zero attached hydrogens (tertiary/aromatic N) is 3. The molecule has 0 aliphatic carbocycles. The molecule has 0 aromatic heterocycles. The quantitative estimate of drug-likeness (QED) is 0.751. The van der Waals surface area contributed by atoms with Gasteiger partial charge in [0.1, 0.15) is 0 Å². The summed E-state index contributed by atoms with van der Waals surface area (Å²) >= 11 is 0. The fraction of sp³-hybridized carbons (Fsp3) is 0.458. The summed E-state index contributed by atoms with van der Waals surface area (Å²) in [7, 11) is -3.50. The van der Waals surface area contributed by atoms with Crippen molar-refractivity contribution in [2.24, 2.45) is 0 Å². The number of carbonyl (C=O) groups excluding carboxylic acids is 1. The van der Waals surface area contributed by atoms with Gasteiger partial charge in [0.15, 0.2) is 0 Å². The number of hydrogen-bond donors (Lipinski definition) is 1. The van der Waals surface area contributed by atoms with Gasteiger partial charge in [0.2, 0.25) is 10.0 Å². The molecule has 0 atom stereocenters. The van der Waals surface area contributed by atoms with Crippen LogP contribution >= 0.6 is 0 Å². The molecule has 2 saturated heterocycles. The molecule has 2 aromatic rings. The first kappa shape index (κ1) is 22.8. The number of nitrogens with one attached hydrogen (secondary N) is 1. The number of piperazine rings is 1. The Morgan fingerprint density at radius 1 is 0.906 bits per heavy atom. The Morgan fingerprint density at radius 2 is 1.53 bits per heavy atom. The van der Waals surface area contributed by atoms with E-state index < -0.39 is 10.0 Å². The van der Waals surface area contributed by atoms with E-state index in [0.29, 0.717) is 31.1 Å². The van der Waals surface area contributed by atoms with Gasteiger partial charge in [-0.1, -0.05) is 42.5 Å². The van der Waals surface area contributed by atoms with Gasteiger partial charge < -0.3 is 10.2 Å². The Bertz CT molecular complexity index is 1010. The molecule has 0 bridgehead atoms. The molecular weight excluding hydrogens is 424 g/mol. The Balaban J connectivity index is 1.22. The summed E-state index contributed by atoms with van der Waals surface area (Å²) in [5.41, 5.74) is 2.68. The van der Waals surface area contributed by atoms with Gasteiger partial charge in [-0.3, -0.25) is 4.90 Å². The van der Waals surface area contributed by atoms with E-state index in [1.54, 1.807) is 35.2 Å². The highest BCUT2D eigenvalue weighted by Gasteiger charge is 2.31. The number of hydrogen-bond acceptors (Lipinski definition) is 4. The van der Waals surface area contributed by atoms with E-state index in [0.717, 1.165) is 32.5 Å². The van der Waals surface area contributed by atoms with Crippen LogP contribution in [0.5, 0.6) is 0 Å². The number of piperidine rings is 1. The molecular formula is C24H32N4O3S. The third kappa shape index (κ3) is 5.31. The third-order valence-corrected chi connectivity index (χ3v) is 8.39. The minimum absolute atomic E-state index is 0.0842. The maximum absolute atomic E-state index is 12.8. The lowest BCUT2D eigenvalue weighted by atomic mass is 10.0.